The van der Waals surface area contributed by atoms with E-state index in [9.17, 15) is 9.90 Å². The molecule has 1 fully saturated rings. The highest BCUT2D eigenvalue weighted by molar-refractivity contribution is 6.32. The summed E-state index contributed by atoms with van der Waals surface area (Å²) < 4.78 is 5.78. The van der Waals surface area contributed by atoms with E-state index in [2.05, 4.69) is 14.9 Å². The molecule has 156 valence electrons. The molecular formula is C21H27ClN4O3. The van der Waals surface area contributed by atoms with Gasteiger partial charge < -0.3 is 20.5 Å². The molecule has 0 bridgehead atoms. The Labute approximate surface area is 175 Å². The van der Waals surface area contributed by atoms with Crippen molar-refractivity contribution in [3.8, 4) is 5.75 Å². The van der Waals surface area contributed by atoms with Crippen LogP contribution in [0.15, 0.2) is 18.2 Å². The number of aromatic hydroxyl groups is 1. The zero-order chi connectivity index (χ0) is 21.1. The lowest BCUT2D eigenvalue weighted by atomic mass is 9.97. The summed E-state index contributed by atoms with van der Waals surface area (Å²) >= 11 is 6.58. The van der Waals surface area contributed by atoms with Gasteiger partial charge in [-0.25, -0.2) is 4.98 Å². The number of halogens is 1. The van der Waals surface area contributed by atoms with Crippen molar-refractivity contribution in [1.29, 1.82) is 0 Å². The molecule has 1 aromatic heterocycles. The quantitative estimate of drug-likeness (QED) is 0.709. The van der Waals surface area contributed by atoms with E-state index in [0.29, 0.717) is 42.6 Å². The number of nitrogens with zero attached hydrogens (tertiary/aromatic N) is 3. The van der Waals surface area contributed by atoms with Gasteiger partial charge in [-0.1, -0.05) is 25.4 Å². The predicted molar refractivity (Wildman–Crippen MR) is 114 cm³/mol. The number of ether oxygens (including phenoxy) is 1. The Hall–Kier alpha value is -2.38. The summed E-state index contributed by atoms with van der Waals surface area (Å²) in [5.41, 5.74) is 7.54. The SMILES string of the molecule is Cc1cc(N2CCCOC[C@H]2c2cc(O)c(C(=O)CC(C)C)cc2Cl)nc(N)n1. The third-order valence-electron chi connectivity index (χ3n) is 4.86. The highest BCUT2D eigenvalue weighted by atomic mass is 35.5. The fourth-order valence-electron chi connectivity index (χ4n) is 3.57. The average molecular weight is 419 g/mol. The molecular weight excluding hydrogens is 392 g/mol. The van der Waals surface area contributed by atoms with Crippen molar-refractivity contribution in [2.24, 2.45) is 5.92 Å². The van der Waals surface area contributed by atoms with Gasteiger partial charge in [0.1, 0.15) is 11.6 Å². The van der Waals surface area contributed by atoms with Crippen LogP contribution in [0.25, 0.3) is 0 Å². The molecule has 2 heterocycles. The molecule has 8 heteroatoms. The highest BCUT2D eigenvalue weighted by Gasteiger charge is 2.28. The van der Waals surface area contributed by atoms with Gasteiger partial charge in [-0.2, -0.15) is 4.98 Å². The minimum atomic E-state index is -0.279. The first kappa shape index (κ1) is 21.3. The summed E-state index contributed by atoms with van der Waals surface area (Å²) in [4.78, 5) is 23.0. The summed E-state index contributed by atoms with van der Waals surface area (Å²) in [6.07, 6.45) is 1.16. The van der Waals surface area contributed by atoms with Crippen molar-refractivity contribution in [3.63, 3.8) is 0 Å². The Balaban J connectivity index is 2.01. The second-order valence-corrected chi connectivity index (χ2v) is 8.18. The van der Waals surface area contributed by atoms with Crippen molar-refractivity contribution in [2.45, 2.75) is 39.7 Å². The van der Waals surface area contributed by atoms with Crippen LogP contribution < -0.4 is 10.6 Å². The van der Waals surface area contributed by atoms with E-state index in [0.717, 1.165) is 12.1 Å². The summed E-state index contributed by atoms with van der Waals surface area (Å²) in [7, 11) is 0. The molecule has 1 saturated heterocycles. The van der Waals surface area contributed by atoms with Crippen molar-refractivity contribution >= 4 is 29.2 Å². The number of nitrogens with two attached hydrogens (primary N) is 1. The maximum absolute atomic E-state index is 12.4. The molecule has 0 spiro atoms. The van der Waals surface area contributed by atoms with Crippen molar-refractivity contribution in [2.75, 3.05) is 30.4 Å². The second-order valence-electron chi connectivity index (χ2n) is 7.78. The number of carbonyl (C=O) groups excluding carboxylic acids is 1. The van der Waals surface area contributed by atoms with Gasteiger partial charge in [0, 0.05) is 36.4 Å². The van der Waals surface area contributed by atoms with Crippen LogP contribution >= 0.6 is 11.6 Å². The van der Waals surface area contributed by atoms with Crippen LogP contribution in [0.1, 0.15) is 54.3 Å². The maximum Gasteiger partial charge on any atom is 0.222 e. The molecule has 0 radical (unpaired) electrons. The lowest BCUT2D eigenvalue weighted by Crippen LogP contribution is -2.32. The highest BCUT2D eigenvalue weighted by Crippen LogP contribution is 2.37. The number of aryl methyl sites for hydroxylation is 1. The van der Waals surface area contributed by atoms with Crippen LogP contribution in [0.4, 0.5) is 11.8 Å². The number of carbonyl (C=O) groups is 1. The smallest absolute Gasteiger partial charge is 0.222 e. The number of aromatic nitrogens is 2. The Bertz CT molecular complexity index is 883. The Morgan fingerprint density at radius 2 is 2.14 bits per heavy atom. The maximum atomic E-state index is 12.4. The number of phenols is 1. The average Bonchev–Trinajstić information content (AvgIpc) is 2.87. The van der Waals surface area contributed by atoms with Gasteiger partial charge in [0.05, 0.1) is 18.2 Å². The molecule has 3 N–H and O–H groups in total. The molecule has 3 rings (SSSR count). The molecule has 1 aliphatic heterocycles. The van der Waals surface area contributed by atoms with Gasteiger partial charge >= 0.3 is 0 Å². The van der Waals surface area contributed by atoms with Gasteiger partial charge in [-0.15, -0.1) is 0 Å². The molecule has 0 unspecified atom stereocenters. The summed E-state index contributed by atoms with van der Waals surface area (Å²) in [5, 5.41) is 11.0. The van der Waals surface area contributed by atoms with Crippen LogP contribution in [0.2, 0.25) is 5.02 Å². The van der Waals surface area contributed by atoms with Gasteiger partial charge in [0.25, 0.3) is 0 Å². The number of phenolic OH excluding ortho intramolecular Hbond substituents is 1. The molecule has 1 aliphatic rings. The number of Topliss-reactive ketones (excluding diaryl/α,β-unsaturated/α-hetero) is 1. The van der Waals surface area contributed by atoms with E-state index in [4.69, 9.17) is 22.1 Å². The Morgan fingerprint density at radius 1 is 1.38 bits per heavy atom. The van der Waals surface area contributed by atoms with E-state index in [1.807, 2.05) is 26.8 Å². The van der Waals surface area contributed by atoms with E-state index in [1.54, 1.807) is 12.1 Å². The van der Waals surface area contributed by atoms with Gasteiger partial charge in [0.15, 0.2) is 5.78 Å². The first-order chi connectivity index (χ1) is 13.8. The topological polar surface area (TPSA) is 102 Å². The third-order valence-corrected chi connectivity index (χ3v) is 5.19. The molecule has 0 aliphatic carbocycles. The number of hydrogen-bond donors (Lipinski definition) is 2. The lowest BCUT2D eigenvalue weighted by molar-refractivity contribution is 0.0965. The van der Waals surface area contributed by atoms with Crippen LogP contribution in [-0.2, 0) is 4.74 Å². The molecule has 0 saturated carbocycles. The second kappa shape index (κ2) is 8.97. The number of nitrogen functional groups attached to an aromatic ring is 1. The largest absolute Gasteiger partial charge is 0.507 e. The molecule has 2 aromatic rings. The van der Waals surface area contributed by atoms with Crippen LogP contribution in [0.3, 0.4) is 0 Å². The molecule has 1 atom stereocenters. The first-order valence-corrected chi connectivity index (χ1v) is 10.1. The standard InChI is InChI=1S/C21H27ClN4O3/c1-12(2)7-18(27)15-9-16(22)14(10-19(15)28)17-11-29-6-4-5-26(17)20-8-13(3)24-21(23)25-20/h8-10,12,17,28H,4-7,11H2,1-3H3,(H2,23,24,25)/t17-/m0/s1. The van der Waals surface area contributed by atoms with Crippen LogP contribution in [0.5, 0.6) is 5.75 Å². The third kappa shape index (κ3) is 4.97. The van der Waals surface area contributed by atoms with E-state index < -0.39 is 0 Å². The molecule has 1 aromatic carbocycles. The monoisotopic (exact) mass is 418 g/mol. The van der Waals surface area contributed by atoms with E-state index in [1.165, 1.54) is 0 Å². The number of hydrogen-bond acceptors (Lipinski definition) is 7. The first-order valence-electron chi connectivity index (χ1n) is 9.77. The van der Waals surface area contributed by atoms with Crippen molar-refractivity contribution in [1.82, 2.24) is 9.97 Å². The number of rotatable bonds is 5. The van der Waals surface area contributed by atoms with Gasteiger partial charge in [-0.05, 0) is 37.0 Å². The molecule has 29 heavy (non-hydrogen) atoms. The summed E-state index contributed by atoms with van der Waals surface area (Å²) in [6, 6.07) is 4.71. The minimum absolute atomic E-state index is 0.0716. The van der Waals surface area contributed by atoms with Crippen LogP contribution in [0, 0.1) is 12.8 Å². The van der Waals surface area contributed by atoms with Crippen molar-refractivity contribution < 1.29 is 14.6 Å². The number of benzene rings is 1. The van der Waals surface area contributed by atoms with Gasteiger partial charge in [0.2, 0.25) is 5.95 Å². The van der Waals surface area contributed by atoms with E-state index >= 15 is 0 Å². The summed E-state index contributed by atoms with van der Waals surface area (Å²) in [6.45, 7) is 7.45. The zero-order valence-corrected chi connectivity index (χ0v) is 17.7. The Morgan fingerprint density at radius 3 is 2.83 bits per heavy atom. The van der Waals surface area contributed by atoms with Crippen molar-refractivity contribution in [3.05, 3.63) is 40.0 Å². The Kier molecular flexibility index (Phi) is 6.59. The fraction of sp³-hybridized carbons (Fsp3) is 0.476. The predicted octanol–water partition coefficient (Wildman–Crippen LogP) is 3.92. The summed E-state index contributed by atoms with van der Waals surface area (Å²) in [5.74, 6) is 0.878. The fourth-order valence-corrected chi connectivity index (χ4v) is 3.86. The number of ketones is 1. The number of anilines is 2. The van der Waals surface area contributed by atoms with E-state index in [-0.39, 0.29) is 35.0 Å². The van der Waals surface area contributed by atoms with Gasteiger partial charge in [-0.3, -0.25) is 4.79 Å². The normalized spacial score (nSPS) is 17.4. The molecule has 0 amide bonds. The van der Waals surface area contributed by atoms with Crippen LogP contribution in [-0.4, -0.2) is 40.6 Å². The lowest BCUT2D eigenvalue weighted by Gasteiger charge is -2.31. The molecule has 7 nitrogen and oxygen atoms in total. The minimum Gasteiger partial charge on any atom is -0.507 e. The zero-order valence-electron chi connectivity index (χ0n) is 17.0.